The first-order chi connectivity index (χ1) is 9.77. The first-order valence-corrected chi connectivity index (χ1v) is 8.64. The van der Waals surface area contributed by atoms with Gasteiger partial charge >= 0.3 is 0 Å². The molecule has 2 rings (SSSR count). The van der Waals surface area contributed by atoms with E-state index >= 15 is 0 Å². The lowest BCUT2D eigenvalue weighted by Crippen LogP contribution is -2.21. The Balaban J connectivity index is 2.56. The summed E-state index contributed by atoms with van der Waals surface area (Å²) >= 11 is 0. The second-order valence-corrected chi connectivity index (χ2v) is 7.58. The Bertz CT molecular complexity index is 633. The standard InChI is InChI=1S/C14H21FN2O3S/c1-17-8-9(7-16)4-12(17)11-5-10(15)6-13(14(11)20-2)21(3,18)19/h5-6,9,12H,4,7-8,16H2,1-3H3. The Morgan fingerprint density at radius 3 is 2.62 bits per heavy atom. The SMILES string of the molecule is COc1c(C2CC(CN)CN2C)cc(F)cc1S(C)(=O)=O. The average Bonchev–Trinajstić information content (AvgIpc) is 2.78. The summed E-state index contributed by atoms with van der Waals surface area (Å²) in [6, 6.07) is 2.27. The molecule has 1 aliphatic heterocycles. The van der Waals surface area contributed by atoms with Crippen molar-refractivity contribution in [3.63, 3.8) is 0 Å². The molecule has 0 saturated carbocycles. The fourth-order valence-electron chi connectivity index (χ4n) is 2.97. The summed E-state index contributed by atoms with van der Waals surface area (Å²) < 4.78 is 42.9. The molecule has 2 N–H and O–H groups in total. The molecule has 1 aromatic carbocycles. The van der Waals surface area contributed by atoms with Crippen LogP contribution >= 0.6 is 0 Å². The summed E-state index contributed by atoms with van der Waals surface area (Å²) in [7, 11) is -0.240. The summed E-state index contributed by atoms with van der Waals surface area (Å²) in [6.45, 7) is 1.35. The minimum atomic E-state index is -3.56. The number of benzene rings is 1. The monoisotopic (exact) mass is 316 g/mol. The number of nitrogens with two attached hydrogens (primary N) is 1. The van der Waals surface area contributed by atoms with Crippen LogP contribution in [0.5, 0.6) is 5.75 Å². The van der Waals surface area contributed by atoms with Gasteiger partial charge in [0.05, 0.1) is 7.11 Å². The molecular weight excluding hydrogens is 295 g/mol. The molecule has 0 spiro atoms. The van der Waals surface area contributed by atoms with Crippen molar-refractivity contribution < 1.29 is 17.5 Å². The van der Waals surface area contributed by atoms with Crippen molar-refractivity contribution in [1.29, 1.82) is 0 Å². The number of hydrogen-bond acceptors (Lipinski definition) is 5. The molecule has 1 aromatic rings. The quantitative estimate of drug-likeness (QED) is 0.903. The van der Waals surface area contributed by atoms with E-state index in [1.165, 1.54) is 13.2 Å². The van der Waals surface area contributed by atoms with E-state index in [2.05, 4.69) is 4.90 Å². The van der Waals surface area contributed by atoms with Crippen molar-refractivity contribution in [3.05, 3.63) is 23.5 Å². The van der Waals surface area contributed by atoms with Gasteiger partial charge in [-0.25, -0.2) is 12.8 Å². The fraction of sp³-hybridized carbons (Fsp3) is 0.571. The van der Waals surface area contributed by atoms with Crippen LogP contribution in [0.2, 0.25) is 0 Å². The molecule has 0 amide bonds. The molecule has 0 aromatic heterocycles. The van der Waals surface area contributed by atoms with Crippen molar-refractivity contribution in [2.24, 2.45) is 11.7 Å². The Morgan fingerprint density at radius 2 is 2.14 bits per heavy atom. The van der Waals surface area contributed by atoms with Crippen molar-refractivity contribution in [3.8, 4) is 5.75 Å². The molecule has 118 valence electrons. The van der Waals surface area contributed by atoms with E-state index in [0.29, 0.717) is 18.0 Å². The van der Waals surface area contributed by atoms with Crippen LogP contribution in [0.3, 0.4) is 0 Å². The second-order valence-electron chi connectivity index (χ2n) is 5.59. The maximum absolute atomic E-state index is 13.9. The maximum Gasteiger partial charge on any atom is 0.179 e. The molecule has 0 radical (unpaired) electrons. The fourth-order valence-corrected chi connectivity index (χ4v) is 3.83. The normalized spacial score (nSPS) is 23.5. The van der Waals surface area contributed by atoms with Gasteiger partial charge in [-0.05, 0) is 38.1 Å². The number of methoxy groups -OCH3 is 1. The first-order valence-electron chi connectivity index (χ1n) is 6.75. The van der Waals surface area contributed by atoms with E-state index < -0.39 is 15.7 Å². The van der Waals surface area contributed by atoms with Crippen LogP contribution in [0.4, 0.5) is 4.39 Å². The van der Waals surface area contributed by atoms with E-state index in [9.17, 15) is 12.8 Å². The molecule has 7 heteroatoms. The van der Waals surface area contributed by atoms with E-state index in [4.69, 9.17) is 10.5 Å². The lowest BCUT2D eigenvalue weighted by molar-refractivity contribution is 0.299. The molecule has 2 unspecified atom stereocenters. The molecule has 5 nitrogen and oxygen atoms in total. The van der Waals surface area contributed by atoms with Gasteiger partial charge in [-0.3, -0.25) is 4.90 Å². The third-order valence-corrected chi connectivity index (χ3v) is 5.08. The molecule has 21 heavy (non-hydrogen) atoms. The molecule has 1 saturated heterocycles. The van der Waals surface area contributed by atoms with Crippen LogP contribution < -0.4 is 10.5 Å². The summed E-state index contributed by atoms with van der Waals surface area (Å²) in [5.74, 6) is -0.0288. The van der Waals surface area contributed by atoms with Crippen molar-refractivity contribution in [2.45, 2.75) is 17.4 Å². The van der Waals surface area contributed by atoms with Gasteiger partial charge in [0.1, 0.15) is 16.5 Å². The number of hydrogen-bond donors (Lipinski definition) is 1. The molecule has 1 aliphatic rings. The minimum absolute atomic E-state index is 0.0929. The number of rotatable bonds is 4. The van der Waals surface area contributed by atoms with Gasteiger partial charge in [0, 0.05) is 24.4 Å². The summed E-state index contributed by atoms with van der Waals surface area (Å²) in [5, 5.41) is 0. The molecule has 2 atom stereocenters. The van der Waals surface area contributed by atoms with E-state index in [1.54, 1.807) is 0 Å². The van der Waals surface area contributed by atoms with Crippen molar-refractivity contribution >= 4 is 9.84 Å². The highest BCUT2D eigenvalue weighted by Crippen LogP contribution is 2.41. The zero-order valence-electron chi connectivity index (χ0n) is 12.5. The Labute approximate surface area is 124 Å². The second kappa shape index (κ2) is 5.90. The average molecular weight is 316 g/mol. The smallest absolute Gasteiger partial charge is 0.179 e. The van der Waals surface area contributed by atoms with Gasteiger partial charge in [0.25, 0.3) is 0 Å². The lowest BCUT2D eigenvalue weighted by atomic mass is 9.99. The molecule has 1 fully saturated rings. The molecular formula is C14H21FN2O3S. The number of likely N-dealkylation sites (tertiary alicyclic amines) is 1. The van der Waals surface area contributed by atoms with E-state index in [1.807, 2.05) is 7.05 Å². The third-order valence-electron chi connectivity index (χ3n) is 3.98. The Hall–Kier alpha value is -1.18. The van der Waals surface area contributed by atoms with Crippen molar-refractivity contribution in [2.75, 3.05) is 33.5 Å². The number of halogens is 1. The topological polar surface area (TPSA) is 72.6 Å². The third kappa shape index (κ3) is 3.20. The van der Waals surface area contributed by atoms with E-state index in [-0.39, 0.29) is 16.7 Å². The largest absolute Gasteiger partial charge is 0.495 e. The number of ether oxygens (including phenoxy) is 1. The highest BCUT2D eigenvalue weighted by atomic mass is 32.2. The van der Waals surface area contributed by atoms with Gasteiger partial charge in [-0.15, -0.1) is 0 Å². The predicted octanol–water partition coefficient (Wildman–Crippen LogP) is 1.19. The van der Waals surface area contributed by atoms with Gasteiger partial charge in [-0.1, -0.05) is 0 Å². The number of sulfone groups is 1. The summed E-state index contributed by atoms with van der Waals surface area (Å²) in [6.07, 6.45) is 1.81. The Morgan fingerprint density at radius 1 is 1.48 bits per heavy atom. The van der Waals surface area contributed by atoms with Gasteiger partial charge in [0.2, 0.25) is 0 Å². The van der Waals surface area contributed by atoms with Crippen LogP contribution in [-0.4, -0.2) is 46.8 Å². The van der Waals surface area contributed by atoms with Crippen molar-refractivity contribution in [1.82, 2.24) is 4.90 Å². The summed E-state index contributed by atoms with van der Waals surface area (Å²) in [4.78, 5) is 1.95. The highest BCUT2D eigenvalue weighted by Gasteiger charge is 2.33. The van der Waals surface area contributed by atoms with Crippen LogP contribution in [0.25, 0.3) is 0 Å². The molecule has 1 heterocycles. The zero-order valence-corrected chi connectivity index (χ0v) is 13.3. The zero-order chi connectivity index (χ0) is 15.8. The van der Waals surface area contributed by atoms with Crippen LogP contribution in [0, 0.1) is 11.7 Å². The van der Waals surface area contributed by atoms with Gasteiger partial charge in [0.15, 0.2) is 9.84 Å². The van der Waals surface area contributed by atoms with Gasteiger partial charge in [-0.2, -0.15) is 0 Å². The molecule has 0 bridgehead atoms. The van der Waals surface area contributed by atoms with Crippen LogP contribution in [0.1, 0.15) is 18.0 Å². The van der Waals surface area contributed by atoms with Crippen LogP contribution in [0.15, 0.2) is 17.0 Å². The minimum Gasteiger partial charge on any atom is -0.495 e. The molecule has 0 aliphatic carbocycles. The number of nitrogens with zero attached hydrogens (tertiary/aromatic N) is 1. The lowest BCUT2D eigenvalue weighted by Gasteiger charge is -2.23. The summed E-state index contributed by atoms with van der Waals surface area (Å²) in [5.41, 5.74) is 6.27. The Kier molecular flexibility index (Phi) is 4.55. The highest BCUT2D eigenvalue weighted by molar-refractivity contribution is 7.90. The van der Waals surface area contributed by atoms with E-state index in [0.717, 1.165) is 25.3 Å². The van der Waals surface area contributed by atoms with Gasteiger partial charge < -0.3 is 10.5 Å². The van der Waals surface area contributed by atoms with Crippen LogP contribution in [-0.2, 0) is 9.84 Å². The predicted molar refractivity (Wildman–Crippen MR) is 78.6 cm³/mol. The first kappa shape index (κ1) is 16.2. The maximum atomic E-state index is 13.9.